The Labute approximate surface area is 315 Å². The molecule has 0 N–H and O–H groups in total. The van der Waals surface area contributed by atoms with Crippen LogP contribution in [0.1, 0.15) is 20.7 Å². The number of carbonyl (C=O) groups excluding carboxylic acids is 2. The fourth-order valence-electron chi connectivity index (χ4n) is 3.46. The Bertz CT molecular complexity index is 1190. The van der Waals surface area contributed by atoms with Crippen LogP contribution in [-0.4, -0.2) is 105 Å². The smallest absolute Gasteiger partial charge is 1.00 e. The molecule has 0 unspecified atom stereocenters. The quantitative estimate of drug-likeness (QED) is 0.194. The topological polar surface area (TPSA) is 126 Å². The van der Waals surface area contributed by atoms with E-state index in [0.29, 0.717) is 87.0 Å². The minimum Gasteiger partial charge on any atom is 1.00 e. The van der Waals surface area contributed by atoms with E-state index in [1.807, 2.05) is 0 Å². The van der Waals surface area contributed by atoms with Crippen LogP contribution >= 0.6 is 7.81 Å². The maximum atomic E-state index is 11.9. The predicted octanol–water partition coefficient (Wildman–Crippen LogP) is 2.94. The molecule has 1 aliphatic heterocycles. The van der Waals surface area contributed by atoms with E-state index in [1.165, 1.54) is 14.2 Å². The molecule has 12 nitrogen and oxygen atoms in total. The summed E-state index contributed by atoms with van der Waals surface area (Å²) in [5, 5.41) is 0. The van der Waals surface area contributed by atoms with Crippen LogP contribution in [0.25, 0.3) is 0 Å². The molecule has 2 aromatic carbocycles. The van der Waals surface area contributed by atoms with Gasteiger partial charge in [-0.1, -0.05) is 0 Å². The molecule has 0 saturated carbocycles. The standard InChI is InChI=1S/C28H36O12.F6P.K/c1-31-27(29)21-3-5-23-25(19-21)39-17-13-35-9-10-36-14-18-40-26-20-22(28(30)32-2)4-6-24(26)38-16-12-34-8-7-33-11-15-37-23;1-7(2,3,4,5)6;/h3-6,19-20H,7-18H2,1-2H3;;/q;-1;+1. The van der Waals surface area contributed by atoms with E-state index in [4.69, 9.17) is 47.4 Å². The second-order valence-electron chi connectivity index (χ2n) is 9.11. The van der Waals surface area contributed by atoms with Crippen LogP contribution in [0.5, 0.6) is 23.0 Å². The number of fused-ring (bicyclic) bond motifs is 2. The molecule has 1 heterocycles. The molecule has 0 atom stereocenters. The van der Waals surface area contributed by atoms with Gasteiger partial charge in [-0.3, -0.25) is 0 Å². The van der Waals surface area contributed by atoms with Gasteiger partial charge in [0.2, 0.25) is 0 Å². The zero-order valence-electron chi connectivity index (χ0n) is 26.6. The van der Waals surface area contributed by atoms with Crippen molar-refractivity contribution in [2.24, 2.45) is 0 Å². The van der Waals surface area contributed by atoms with Crippen molar-refractivity contribution in [2.45, 2.75) is 0 Å². The molecule has 0 fully saturated rings. The number of esters is 2. The fourth-order valence-corrected chi connectivity index (χ4v) is 3.46. The third-order valence-electron chi connectivity index (χ3n) is 5.41. The summed E-state index contributed by atoms with van der Waals surface area (Å²) in [5.41, 5.74) is 0.687. The van der Waals surface area contributed by atoms with Gasteiger partial charge >= 0.3 is 96.3 Å². The Hall–Kier alpha value is -1.93. The van der Waals surface area contributed by atoms with Crippen molar-refractivity contribution in [3.05, 3.63) is 47.5 Å². The summed E-state index contributed by atoms with van der Waals surface area (Å²) in [6.45, 7) is 3.69. The molecule has 48 heavy (non-hydrogen) atoms. The summed E-state index contributed by atoms with van der Waals surface area (Å²) in [7, 11) is -8.03. The van der Waals surface area contributed by atoms with E-state index >= 15 is 0 Å². The molecule has 0 radical (unpaired) electrons. The zero-order chi connectivity index (χ0) is 34.8. The average Bonchev–Trinajstić information content (AvgIpc) is 3.00. The van der Waals surface area contributed by atoms with Gasteiger partial charge < -0.3 is 47.4 Å². The first-order valence-electron chi connectivity index (χ1n) is 13.9. The minimum absolute atomic E-state index is 0. The third kappa shape index (κ3) is 21.2. The van der Waals surface area contributed by atoms with Gasteiger partial charge in [-0.15, -0.1) is 0 Å². The van der Waals surface area contributed by atoms with E-state index in [0.717, 1.165) is 0 Å². The molecule has 3 rings (SSSR count). The first-order valence-corrected chi connectivity index (χ1v) is 15.9. The average molecular weight is 749 g/mol. The van der Waals surface area contributed by atoms with Crippen molar-refractivity contribution in [1.29, 1.82) is 0 Å². The number of halogens is 6. The van der Waals surface area contributed by atoms with E-state index in [2.05, 4.69) is 0 Å². The monoisotopic (exact) mass is 748 g/mol. The number of hydrogen-bond acceptors (Lipinski definition) is 12. The zero-order valence-corrected chi connectivity index (χ0v) is 30.6. The van der Waals surface area contributed by atoms with Gasteiger partial charge in [0.1, 0.15) is 26.4 Å². The molecular weight excluding hydrogens is 712 g/mol. The number of ether oxygens (including phenoxy) is 10. The Morgan fingerprint density at radius 3 is 1.02 bits per heavy atom. The molecule has 268 valence electrons. The number of rotatable bonds is 2. The van der Waals surface area contributed by atoms with E-state index in [1.54, 1.807) is 36.4 Å². The van der Waals surface area contributed by atoms with Gasteiger partial charge in [0.05, 0.1) is 78.2 Å². The minimum atomic E-state index is -10.7. The van der Waals surface area contributed by atoms with Crippen LogP contribution in [-0.2, 0) is 28.4 Å². The first kappa shape index (κ1) is 44.1. The van der Waals surface area contributed by atoms with E-state index in [9.17, 15) is 34.8 Å². The number of carbonyl (C=O) groups is 2. The second-order valence-corrected chi connectivity index (χ2v) is 11.0. The van der Waals surface area contributed by atoms with Crippen LogP contribution in [0, 0.1) is 0 Å². The number of methoxy groups -OCH3 is 2. The maximum Gasteiger partial charge on any atom is 1.00 e. The maximum absolute atomic E-state index is 11.9. The van der Waals surface area contributed by atoms with Crippen molar-refractivity contribution < 1.29 is 134 Å². The largest absolute Gasteiger partial charge is 1.00 e. The van der Waals surface area contributed by atoms with Gasteiger partial charge in [-0.25, -0.2) is 9.59 Å². The summed E-state index contributed by atoms with van der Waals surface area (Å²) < 4.78 is 114. The molecular formula is C28H36F6KO12P. The van der Waals surface area contributed by atoms with Crippen LogP contribution < -0.4 is 70.3 Å². The summed E-state index contributed by atoms with van der Waals surface area (Å²) in [4.78, 5) is 23.8. The molecule has 20 heteroatoms. The van der Waals surface area contributed by atoms with Gasteiger partial charge in [-0.2, -0.15) is 0 Å². The fraction of sp³-hybridized carbons (Fsp3) is 0.500. The second kappa shape index (κ2) is 20.7. The Morgan fingerprint density at radius 2 is 0.750 bits per heavy atom. The van der Waals surface area contributed by atoms with Gasteiger partial charge in [-0.05, 0) is 36.4 Å². The van der Waals surface area contributed by atoms with Gasteiger partial charge in [0, 0.05) is 0 Å². The van der Waals surface area contributed by atoms with Crippen molar-refractivity contribution in [3.63, 3.8) is 0 Å². The van der Waals surface area contributed by atoms with Gasteiger partial charge in [0.15, 0.2) is 23.0 Å². The normalized spacial score (nSPS) is 17.2. The molecule has 0 bridgehead atoms. The SMILES string of the molecule is COC(=O)c1ccc2c(c1)OCCOCCOCCOc1cc(C(=O)OC)ccc1OCCOCCOCCO2.F[P-](F)(F)(F)(F)F.[K+]. The van der Waals surface area contributed by atoms with Crippen LogP contribution in [0.4, 0.5) is 25.2 Å². The third-order valence-corrected chi connectivity index (χ3v) is 5.41. The summed E-state index contributed by atoms with van der Waals surface area (Å²) in [6.07, 6.45) is 0. The molecule has 0 aliphatic carbocycles. The van der Waals surface area contributed by atoms with Gasteiger partial charge in [0.25, 0.3) is 0 Å². The molecule has 0 spiro atoms. The Balaban J connectivity index is 0.00000130. The summed E-state index contributed by atoms with van der Waals surface area (Å²) in [6, 6.07) is 9.65. The molecule has 1 aliphatic rings. The summed E-state index contributed by atoms with van der Waals surface area (Å²) in [5.74, 6) is 0.786. The molecule has 2 aromatic rings. The van der Waals surface area contributed by atoms with Crippen LogP contribution in [0.3, 0.4) is 0 Å². The number of hydrogen-bond donors (Lipinski definition) is 0. The first-order chi connectivity index (χ1) is 22.1. The summed E-state index contributed by atoms with van der Waals surface area (Å²) >= 11 is 0. The van der Waals surface area contributed by atoms with E-state index in [-0.39, 0.29) is 77.8 Å². The van der Waals surface area contributed by atoms with Crippen molar-refractivity contribution >= 4 is 19.7 Å². The number of benzene rings is 2. The predicted molar refractivity (Wildman–Crippen MR) is 154 cm³/mol. The van der Waals surface area contributed by atoms with Crippen molar-refractivity contribution in [1.82, 2.24) is 0 Å². The molecule has 0 saturated heterocycles. The Kier molecular flexibility index (Phi) is 19.0. The van der Waals surface area contributed by atoms with Crippen LogP contribution in [0.2, 0.25) is 0 Å². The Morgan fingerprint density at radius 1 is 0.500 bits per heavy atom. The van der Waals surface area contributed by atoms with Crippen molar-refractivity contribution in [3.8, 4) is 23.0 Å². The van der Waals surface area contributed by atoms with Crippen molar-refractivity contribution in [2.75, 3.05) is 93.5 Å². The van der Waals surface area contributed by atoms with E-state index < -0.39 is 19.7 Å². The van der Waals surface area contributed by atoms with Crippen LogP contribution in [0.15, 0.2) is 36.4 Å². The molecule has 0 aromatic heterocycles. The molecule has 0 amide bonds.